The number of hydrogen-bond acceptors (Lipinski definition) is 2. The Hall–Kier alpha value is -0.930. The van der Waals surface area contributed by atoms with Crippen LogP contribution in [0.2, 0.25) is 5.02 Å². The van der Waals surface area contributed by atoms with Gasteiger partial charge in [-0.1, -0.05) is 11.6 Å². The van der Waals surface area contributed by atoms with Crippen molar-refractivity contribution in [1.29, 1.82) is 0 Å². The number of Topliss-reactive ketones (excluding diaryl/α,β-unsaturated/α-hetero) is 1. The molecule has 0 aromatic heterocycles. The molecule has 1 aromatic carbocycles. The van der Waals surface area contributed by atoms with Crippen LogP contribution in [-0.4, -0.2) is 12.3 Å². The number of aryl methyl sites for hydroxylation is 1. The average Bonchev–Trinajstić information content (AvgIpc) is 2.11. The highest BCUT2D eigenvalue weighted by molar-refractivity contribution is 6.31. The third-order valence-corrected chi connectivity index (χ3v) is 2.23. The van der Waals surface area contributed by atoms with E-state index in [1.54, 1.807) is 6.92 Å². The van der Waals surface area contributed by atoms with E-state index in [9.17, 15) is 9.18 Å². The molecule has 0 fully saturated rings. The number of benzene rings is 1. The molecule has 0 unspecified atom stereocenters. The molecule has 0 saturated heterocycles. The van der Waals surface area contributed by atoms with Gasteiger partial charge in [0, 0.05) is 12.0 Å². The Morgan fingerprint density at radius 3 is 2.79 bits per heavy atom. The van der Waals surface area contributed by atoms with Crippen LogP contribution < -0.4 is 5.73 Å². The van der Waals surface area contributed by atoms with E-state index in [1.807, 2.05) is 0 Å². The summed E-state index contributed by atoms with van der Waals surface area (Å²) in [6, 6.07) is 2.61. The molecule has 0 bridgehead atoms. The molecule has 0 spiro atoms. The second-order valence-corrected chi connectivity index (χ2v) is 3.45. The fourth-order valence-corrected chi connectivity index (χ4v) is 1.43. The maximum atomic E-state index is 13.0. The largest absolute Gasteiger partial charge is 0.330 e. The molecule has 4 heteroatoms. The maximum Gasteiger partial charge on any atom is 0.164 e. The van der Waals surface area contributed by atoms with Gasteiger partial charge in [0.15, 0.2) is 5.78 Å². The highest BCUT2D eigenvalue weighted by atomic mass is 35.5. The van der Waals surface area contributed by atoms with Gasteiger partial charge < -0.3 is 5.73 Å². The molecule has 0 heterocycles. The number of rotatable bonds is 3. The zero-order valence-corrected chi connectivity index (χ0v) is 8.57. The minimum atomic E-state index is -0.572. The van der Waals surface area contributed by atoms with Crippen molar-refractivity contribution in [1.82, 2.24) is 0 Å². The van der Waals surface area contributed by atoms with Crippen LogP contribution in [0.25, 0.3) is 0 Å². The summed E-state index contributed by atoms with van der Waals surface area (Å²) in [7, 11) is 0. The summed E-state index contributed by atoms with van der Waals surface area (Å²) in [5.41, 5.74) is 6.28. The molecule has 1 rings (SSSR count). The number of halogens is 2. The van der Waals surface area contributed by atoms with Crippen LogP contribution in [-0.2, 0) is 0 Å². The van der Waals surface area contributed by atoms with Crippen molar-refractivity contribution < 1.29 is 9.18 Å². The fourth-order valence-electron chi connectivity index (χ4n) is 1.21. The van der Waals surface area contributed by atoms with Crippen LogP contribution in [0.1, 0.15) is 22.3 Å². The van der Waals surface area contributed by atoms with E-state index >= 15 is 0 Å². The lowest BCUT2D eigenvalue weighted by atomic mass is 10.0. The molecule has 0 saturated carbocycles. The van der Waals surface area contributed by atoms with Crippen LogP contribution in [0, 0.1) is 12.7 Å². The van der Waals surface area contributed by atoms with Crippen molar-refractivity contribution in [3.05, 3.63) is 34.1 Å². The summed E-state index contributed by atoms with van der Waals surface area (Å²) in [4.78, 5) is 11.4. The van der Waals surface area contributed by atoms with Gasteiger partial charge in [-0.3, -0.25) is 4.79 Å². The summed E-state index contributed by atoms with van der Waals surface area (Å²) in [5, 5.41) is 0.0341. The monoisotopic (exact) mass is 215 g/mol. The number of carbonyl (C=O) groups excluding carboxylic acids is 1. The average molecular weight is 216 g/mol. The van der Waals surface area contributed by atoms with Gasteiger partial charge in [-0.15, -0.1) is 0 Å². The van der Waals surface area contributed by atoms with Crippen molar-refractivity contribution >= 4 is 17.4 Å². The molecule has 1 aromatic rings. The standard InChI is InChI=1S/C10H11ClFNO/c1-6-4-8(11)9(12)5-7(6)10(14)2-3-13/h4-5H,2-3,13H2,1H3. The number of nitrogens with two attached hydrogens (primary N) is 1. The molecule has 2 N–H and O–H groups in total. The molecule has 0 aliphatic carbocycles. The topological polar surface area (TPSA) is 43.1 Å². The predicted octanol–water partition coefficient (Wildman–Crippen LogP) is 2.32. The van der Waals surface area contributed by atoms with Crippen LogP contribution in [0.3, 0.4) is 0 Å². The van der Waals surface area contributed by atoms with Gasteiger partial charge in [-0.05, 0) is 31.2 Å². The van der Waals surface area contributed by atoms with E-state index in [1.165, 1.54) is 6.07 Å². The minimum absolute atomic E-state index is 0.0341. The summed E-state index contributed by atoms with van der Waals surface area (Å²) < 4.78 is 13.0. The Bertz CT molecular complexity index is 365. The van der Waals surface area contributed by atoms with Gasteiger partial charge in [0.25, 0.3) is 0 Å². The van der Waals surface area contributed by atoms with E-state index in [-0.39, 0.29) is 23.8 Å². The van der Waals surface area contributed by atoms with E-state index in [2.05, 4.69) is 0 Å². The Balaban J connectivity index is 3.09. The smallest absolute Gasteiger partial charge is 0.164 e. The third-order valence-electron chi connectivity index (χ3n) is 1.94. The fraction of sp³-hybridized carbons (Fsp3) is 0.300. The van der Waals surface area contributed by atoms with E-state index in [4.69, 9.17) is 17.3 Å². The SMILES string of the molecule is Cc1cc(Cl)c(F)cc1C(=O)CCN. The first-order valence-electron chi connectivity index (χ1n) is 4.25. The normalized spacial score (nSPS) is 10.3. The molecule has 0 aliphatic heterocycles. The second kappa shape index (κ2) is 4.53. The van der Waals surface area contributed by atoms with Gasteiger partial charge in [0.2, 0.25) is 0 Å². The van der Waals surface area contributed by atoms with Crippen LogP contribution in [0.5, 0.6) is 0 Å². The molecule has 14 heavy (non-hydrogen) atoms. The van der Waals surface area contributed by atoms with Gasteiger partial charge in [-0.25, -0.2) is 4.39 Å². The van der Waals surface area contributed by atoms with Crippen molar-refractivity contribution in [3.63, 3.8) is 0 Å². The molecular weight excluding hydrogens is 205 g/mol. The molecule has 2 nitrogen and oxygen atoms in total. The summed E-state index contributed by atoms with van der Waals surface area (Å²) in [5.74, 6) is -0.724. The van der Waals surface area contributed by atoms with Gasteiger partial charge in [0.05, 0.1) is 5.02 Å². The highest BCUT2D eigenvalue weighted by Crippen LogP contribution is 2.20. The Labute approximate surface area is 86.9 Å². The lowest BCUT2D eigenvalue weighted by Crippen LogP contribution is -2.09. The lowest BCUT2D eigenvalue weighted by molar-refractivity contribution is 0.0984. The summed E-state index contributed by atoms with van der Waals surface area (Å²) in [6.45, 7) is 1.98. The summed E-state index contributed by atoms with van der Waals surface area (Å²) in [6.07, 6.45) is 0.224. The first kappa shape index (κ1) is 11.1. The zero-order chi connectivity index (χ0) is 10.7. The van der Waals surface area contributed by atoms with Crippen molar-refractivity contribution in [2.45, 2.75) is 13.3 Å². The van der Waals surface area contributed by atoms with E-state index in [0.717, 1.165) is 6.07 Å². The van der Waals surface area contributed by atoms with E-state index in [0.29, 0.717) is 11.1 Å². The molecule has 0 amide bonds. The molecule has 0 atom stereocenters. The third kappa shape index (κ3) is 2.30. The van der Waals surface area contributed by atoms with Crippen molar-refractivity contribution in [2.24, 2.45) is 5.73 Å². The molecule has 76 valence electrons. The second-order valence-electron chi connectivity index (χ2n) is 3.04. The lowest BCUT2D eigenvalue weighted by Gasteiger charge is -2.05. The van der Waals surface area contributed by atoms with Gasteiger partial charge in [-0.2, -0.15) is 0 Å². The van der Waals surface area contributed by atoms with Crippen LogP contribution in [0.15, 0.2) is 12.1 Å². The minimum Gasteiger partial charge on any atom is -0.330 e. The van der Waals surface area contributed by atoms with Crippen molar-refractivity contribution in [2.75, 3.05) is 6.54 Å². The first-order valence-corrected chi connectivity index (χ1v) is 4.63. The molecule has 0 radical (unpaired) electrons. The van der Waals surface area contributed by atoms with Crippen molar-refractivity contribution in [3.8, 4) is 0 Å². The Morgan fingerprint density at radius 1 is 1.57 bits per heavy atom. The quantitative estimate of drug-likeness (QED) is 0.787. The maximum absolute atomic E-state index is 13.0. The number of carbonyl (C=O) groups is 1. The van der Waals surface area contributed by atoms with Crippen LogP contribution in [0.4, 0.5) is 4.39 Å². The summed E-state index contributed by atoms with van der Waals surface area (Å²) >= 11 is 5.56. The Kier molecular flexibility index (Phi) is 3.61. The number of hydrogen-bond donors (Lipinski definition) is 1. The van der Waals surface area contributed by atoms with Gasteiger partial charge in [0.1, 0.15) is 5.82 Å². The van der Waals surface area contributed by atoms with Gasteiger partial charge >= 0.3 is 0 Å². The molecular formula is C10H11ClFNO. The molecule has 0 aliphatic rings. The van der Waals surface area contributed by atoms with Crippen LogP contribution >= 0.6 is 11.6 Å². The van der Waals surface area contributed by atoms with E-state index < -0.39 is 5.82 Å². The first-order chi connectivity index (χ1) is 6.56. The Morgan fingerprint density at radius 2 is 2.21 bits per heavy atom. The predicted molar refractivity (Wildman–Crippen MR) is 54.1 cm³/mol. The highest BCUT2D eigenvalue weighted by Gasteiger charge is 2.11. The number of ketones is 1. The zero-order valence-electron chi connectivity index (χ0n) is 7.81.